The van der Waals surface area contributed by atoms with E-state index in [2.05, 4.69) is 0 Å². The molecule has 2 aromatic carbocycles. The molecule has 18 heavy (non-hydrogen) atoms. The van der Waals surface area contributed by atoms with Crippen molar-refractivity contribution in [3.05, 3.63) is 68.7 Å². The molecule has 0 spiro atoms. The van der Waals surface area contributed by atoms with Gasteiger partial charge in [0.25, 0.3) is 0 Å². The third kappa shape index (κ3) is 2.69. The number of rotatable bonds is 2. The first kappa shape index (κ1) is 13.4. The smallest absolute Gasteiger partial charge is 0.106 e. The van der Waals surface area contributed by atoms with Crippen LogP contribution in [0.25, 0.3) is 0 Å². The van der Waals surface area contributed by atoms with E-state index < -0.39 is 6.10 Å². The Hall–Kier alpha value is -1.02. The fourth-order valence-corrected chi connectivity index (χ4v) is 2.54. The minimum Gasteiger partial charge on any atom is -0.384 e. The van der Waals surface area contributed by atoms with Gasteiger partial charge >= 0.3 is 0 Å². The minimum absolute atomic E-state index is 0.481. The first-order valence-corrected chi connectivity index (χ1v) is 6.45. The molecule has 0 radical (unpaired) electrons. The highest BCUT2D eigenvalue weighted by atomic mass is 35.5. The highest BCUT2D eigenvalue weighted by Gasteiger charge is 2.16. The zero-order valence-corrected chi connectivity index (χ0v) is 11.8. The van der Waals surface area contributed by atoms with Crippen LogP contribution in [0.15, 0.2) is 36.4 Å². The molecule has 0 heterocycles. The van der Waals surface area contributed by atoms with Crippen LogP contribution in [-0.2, 0) is 0 Å². The number of aliphatic hydroxyl groups is 1. The van der Waals surface area contributed by atoms with Crippen molar-refractivity contribution in [2.24, 2.45) is 0 Å². The van der Waals surface area contributed by atoms with E-state index in [1.807, 2.05) is 32.0 Å². The molecule has 2 aromatic rings. The minimum atomic E-state index is -0.727. The number of benzene rings is 2. The van der Waals surface area contributed by atoms with Crippen LogP contribution >= 0.6 is 23.2 Å². The Kier molecular flexibility index (Phi) is 3.96. The maximum absolute atomic E-state index is 10.4. The van der Waals surface area contributed by atoms with Gasteiger partial charge < -0.3 is 5.11 Å². The van der Waals surface area contributed by atoms with E-state index in [1.165, 1.54) is 5.56 Å². The Morgan fingerprint density at radius 1 is 0.944 bits per heavy atom. The first-order valence-electron chi connectivity index (χ1n) is 5.69. The Bertz CT molecular complexity index is 527. The molecule has 1 N–H and O–H groups in total. The largest absolute Gasteiger partial charge is 0.384 e. The summed E-state index contributed by atoms with van der Waals surface area (Å²) in [5.41, 5.74) is 3.76. The molecule has 0 amide bonds. The molecule has 0 aliphatic carbocycles. The monoisotopic (exact) mass is 280 g/mol. The van der Waals surface area contributed by atoms with E-state index in [0.717, 1.165) is 11.1 Å². The summed E-state index contributed by atoms with van der Waals surface area (Å²) < 4.78 is 0. The molecule has 0 aliphatic heterocycles. The molecule has 3 heteroatoms. The third-order valence-electron chi connectivity index (χ3n) is 2.98. The van der Waals surface area contributed by atoms with E-state index in [4.69, 9.17) is 23.2 Å². The van der Waals surface area contributed by atoms with Crippen molar-refractivity contribution in [2.75, 3.05) is 0 Å². The maximum Gasteiger partial charge on any atom is 0.106 e. The summed E-state index contributed by atoms with van der Waals surface area (Å²) >= 11 is 12.0. The van der Waals surface area contributed by atoms with Gasteiger partial charge in [0, 0.05) is 15.6 Å². The summed E-state index contributed by atoms with van der Waals surface area (Å²) in [6.45, 7) is 4.01. The molecule has 2 rings (SSSR count). The molecule has 0 saturated carbocycles. The Balaban J connectivity index is 2.44. The van der Waals surface area contributed by atoms with E-state index >= 15 is 0 Å². The lowest BCUT2D eigenvalue weighted by atomic mass is 9.96. The fourth-order valence-electron chi connectivity index (χ4n) is 2.02. The lowest BCUT2D eigenvalue weighted by Gasteiger charge is -2.16. The number of hydrogen-bond acceptors (Lipinski definition) is 1. The lowest BCUT2D eigenvalue weighted by molar-refractivity contribution is 0.219. The van der Waals surface area contributed by atoms with Gasteiger partial charge in [-0.1, -0.05) is 53.0 Å². The van der Waals surface area contributed by atoms with Crippen LogP contribution in [0.4, 0.5) is 0 Å². The fraction of sp³-hybridized carbons (Fsp3) is 0.200. The van der Waals surface area contributed by atoms with E-state index in [0.29, 0.717) is 15.6 Å². The summed E-state index contributed by atoms with van der Waals surface area (Å²) in [6.07, 6.45) is -0.727. The van der Waals surface area contributed by atoms with E-state index in [9.17, 15) is 5.11 Å². The van der Waals surface area contributed by atoms with Crippen LogP contribution in [-0.4, -0.2) is 5.11 Å². The van der Waals surface area contributed by atoms with Gasteiger partial charge in [-0.2, -0.15) is 0 Å². The molecule has 94 valence electrons. The highest BCUT2D eigenvalue weighted by molar-refractivity contribution is 6.35. The molecular weight excluding hydrogens is 267 g/mol. The molecule has 1 unspecified atom stereocenters. The van der Waals surface area contributed by atoms with Crippen molar-refractivity contribution in [3.63, 3.8) is 0 Å². The second-order valence-electron chi connectivity index (χ2n) is 4.43. The van der Waals surface area contributed by atoms with Crippen LogP contribution in [0.5, 0.6) is 0 Å². The molecule has 0 saturated heterocycles. The van der Waals surface area contributed by atoms with E-state index in [1.54, 1.807) is 18.2 Å². The Morgan fingerprint density at radius 2 is 1.61 bits per heavy atom. The van der Waals surface area contributed by atoms with Gasteiger partial charge in [-0.3, -0.25) is 0 Å². The van der Waals surface area contributed by atoms with Gasteiger partial charge in [0.1, 0.15) is 6.10 Å². The summed E-state index contributed by atoms with van der Waals surface area (Å²) in [4.78, 5) is 0. The van der Waals surface area contributed by atoms with Crippen molar-refractivity contribution in [2.45, 2.75) is 20.0 Å². The Morgan fingerprint density at radius 3 is 2.22 bits per heavy atom. The zero-order valence-electron chi connectivity index (χ0n) is 10.2. The van der Waals surface area contributed by atoms with Crippen LogP contribution in [0.3, 0.4) is 0 Å². The van der Waals surface area contributed by atoms with Crippen molar-refractivity contribution >= 4 is 23.2 Å². The third-order valence-corrected chi connectivity index (χ3v) is 3.54. The SMILES string of the molecule is Cc1ccc(C(O)c2ccc(Cl)cc2Cl)c(C)c1. The summed E-state index contributed by atoms with van der Waals surface area (Å²) in [7, 11) is 0. The molecular formula is C15H14Cl2O. The predicted octanol–water partition coefficient (Wildman–Crippen LogP) is 4.69. The summed E-state index contributed by atoms with van der Waals surface area (Å²) in [5, 5.41) is 11.5. The van der Waals surface area contributed by atoms with Crippen LogP contribution in [0.1, 0.15) is 28.4 Å². The lowest BCUT2D eigenvalue weighted by Crippen LogP contribution is -2.03. The second kappa shape index (κ2) is 5.31. The average molecular weight is 281 g/mol. The van der Waals surface area contributed by atoms with Gasteiger partial charge in [0.15, 0.2) is 0 Å². The van der Waals surface area contributed by atoms with E-state index in [-0.39, 0.29) is 0 Å². The average Bonchev–Trinajstić information content (AvgIpc) is 2.28. The van der Waals surface area contributed by atoms with Crippen LogP contribution in [0.2, 0.25) is 10.0 Å². The zero-order chi connectivity index (χ0) is 13.3. The highest BCUT2D eigenvalue weighted by Crippen LogP contribution is 2.31. The summed E-state index contributed by atoms with van der Waals surface area (Å²) in [5.74, 6) is 0. The van der Waals surface area contributed by atoms with Crippen molar-refractivity contribution in [3.8, 4) is 0 Å². The van der Waals surface area contributed by atoms with Gasteiger partial charge in [0.2, 0.25) is 0 Å². The van der Waals surface area contributed by atoms with Crippen molar-refractivity contribution < 1.29 is 5.11 Å². The van der Waals surface area contributed by atoms with Crippen LogP contribution in [0, 0.1) is 13.8 Å². The normalized spacial score (nSPS) is 12.5. The summed E-state index contributed by atoms with van der Waals surface area (Å²) in [6, 6.07) is 11.1. The Labute approximate surface area is 117 Å². The number of aliphatic hydroxyl groups excluding tert-OH is 1. The van der Waals surface area contributed by atoms with Gasteiger partial charge in [0.05, 0.1) is 0 Å². The topological polar surface area (TPSA) is 20.2 Å². The molecule has 1 atom stereocenters. The van der Waals surface area contributed by atoms with Crippen molar-refractivity contribution in [1.82, 2.24) is 0 Å². The van der Waals surface area contributed by atoms with Gasteiger partial charge in [-0.05, 0) is 37.1 Å². The standard InChI is InChI=1S/C15H14Cl2O/c1-9-3-5-12(10(2)7-9)15(18)13-6-4-11(16)8-14(13)17/h3-8,15,18H,1-2H3. The number of hydrogen-bond donors (Lipinski definition) is 1. The molecule has 0 aliphatic rings. The predicted molar refractivity (Wildman–Crippen MR) is 76.4 cm³/mol. The maximum atomic E-state index is 10.4. The van der Waals surface area contributed by atoms with Crippen LogP contribution < -0.4 is 0 Å². The first-order chi connectivity index (χ1) is 8.49. The molecule has 1 nitrogen and oxygen atoms in total. The molecule has 0 bridgehead atoms. The van der Waals surface area contributed by atoms with Gasteiger partial charge in [-0.25, -0.2) is 0 Å². The van der Waals surface area contributed by atoms with Crippen molar-refractivity contribution in [1.29, 1.82) is 0 Å². The number of aryl methyl sites for hydroxylation is 2. The van der Waals surface area contributed by atoms with Gasteiger partial charge in [-0.15, -0.1) is 0 Å². The quantitative estimate of drug-likeness (QED) is 0.846. The number of halogens is 2. The molecule has 0 aromatic heterocycles. The second-order valence-corrected chi connectivity index (χ2v) is 5.27. The molecule has 0 fully saturated rings.